The van der Waals surface area contributed by atoms with Gasteiger partial charge in [-0.3, -0.25) is 14.7 Å². The summed E-state index contributed by atoms with van der Waals surface area (Å²) >= 11 is 0. The zero-order valence-electron chi connectivity index (χ0n) is 12.3. The van der Waals surface area contributed by atoms with Crippen LogP contribution in [0.1, 0.15) is 43.1 Å². The highest BCUT2D eigenvalue weighted by Gasteiger charge is 2.22. The third-order valence-corrected chi connectivity index (χ3v) is 3.77. The molecule has 2 rings (SSSR count). The highest BCUT2D eigenvalue weighted by Crippen LogP contribution is 2.08. The lowest BCUT2D eigenvalue weighted by Gasteiger charge is -2.34. The molecule has 5 nitrogen and oxygen atoms in total. The highest BCUT2D eigenvalue weighted by atomic mass is 16.2. The van der Waals surface area contributed by atoms with Crippen molar-refractivity contribution in [2.45, 2.75) is 32.6 Å². The van der Waals surface area contributed by atoms with Gasteiger partial charge < -0.3 is 4.90 Å². The van der Waals surface area contributed by atoms with Gasteiger partial charge in [-0.05, 0) is 13.0 Å². The fraction of sp³-hybridized carbons (Fsp3) is 0.667. The van der Waals surface area contributed by atoms with E-state index < -0.39 is 0 Å². The van der Waals surface area contributed by atoms with Gasteiger partial charge in [0.05, 0.1) is 6.20 Å². The molecule has 1 aliphatic rings. The van der Waals surface area contributed by atoms with Gasteiger partial charge in [-0.1, -0.05) is 26.2 Å². The fourth-order valence-corrected chi connectivity index (χ4v) is 2.51. The molecule has 1 aliphatic heterocycles. The number of amides is 1. The predicted molar refractivity (Wildman–Crippen MR) is 78.5 cm³/mol. The van der Waals surface area contributed by atoms with Crippen LogP contribution in [0.3, 0.4) is 0 Å². The summed E-state index contributed by atoms with van der Waals surface area (Å²) < 4.78 is 0. The smallest absolute Gasteiger partial charge is 0.274 e. The first-order chi connectivity index (χ1) is 9.81. The molecule has 0 atom stereocenters. The quantitative estimate of drug-likeness (QED) is 0.744. The molecule has 0 spiro atoms. The van der Waals surface area contributed by atoms with Crippen LogP contribution in [0.2, 0.25) is 0 Å². The summed E-state index contributed by atoms with van der Waals surface area (Å²) in [6.07, 6.45) is 9.88. The van der Waals surface area contributed by atoms with Gasteiger partial charge in [0, 0.05) is 38.6 Å². The Morgan fingerprint density at radius 3 is 2.60 bits per heavy atom. The molecule has 0 unspecified atom stereocenters. The Labute approximate surface area is 121 Å². The molecule has 0 saturated carbocycles. The lowest BCUT2D eigenvalue weighted by atomic mass is 10.2. The van der Waals surface area contributed by atoms with Gasteiger partial charge in [0.25, 0.3) is 5.91 Å². The first kappa shape index (κ1) is 14.9. The Hall–Kier alpha value is -1.49. The fourth-order valence-electron chi connectivity index (χ4n) is 2.51. The topological polar surface area (TPSA) is 49.3 Å². The number of piperazine rings is 1. The molecule has 1 saturated heterocycles. The van der Waals surface area contributed by atoms with Crippen molar-refractivity contribution < 1.29 is 4.79 Å². The summed E-state index contributed by atoms with van der Waals surface area (Å²) in [5.41, 5.74) is 0.448. The van der Waals surface area contributed by atoms with Gasteiger partial charge in [0.1, 0.15) is 5.69 Å². The molecule has 0 aliphatic carbocycles. The Morgan fingerprint density at radius 2 is 1.95 bits per heavy atom. The average molecular weight is 276 g/mol. The molecule has 0 radical (unpaired) electrons. The van der Waals surface area contributed by atoms with Crippen molar-refractivity contribution in [2.24, 2.45) is 0 Å². The Balaban J connectivity index is 1.73. The molecule has 20 heavy (non-hydrogen) atoms. The van der Waals surface area contributed by atoms with Crippen LogP contribution in [0.5, 0.6) is 0 Å². The molecule has 0 N–H and O–H groups in total. The lowest BCUT2D eigenvalue weighted by Crippen LogP contribution is -2.49. The number of carbonyl (C=O) groups is 1. The zero-order valence-corrected chi connectivity index (χ0v) is 12.3. The van der Waals surface area contributed by atoms with E-state index in [2.05, 4.69) is 21.8 Å². The van der Waals surface area contributed by atoms with Gasteiger partial charge >= 0.3 is 0 Å². The summed E-state index contributed by atoms with van der Waals surface area (Å²) in [5.74, 6) is 0.00346. The minimum absolute atomic E-state index is 0.00346. The van der Waals surface area contributed by atoms with Crippen molar-refractivity contribution in [3.63, 3.8) is 0 Å². The number of nitrogens with zero attached hydrogens (tertiary/aromatic N) is 4. The van der Waals surface area contributed by atoms with Crippen LogP contribution >= 0.6 is 0 Å². The Kier molecular flexibility index (Phi) is 5.92. The van der Waals surface area contributed by atoms with Crippen LogP contribution in [0, 0.1) is 0 Å². The molecule has 1 aromatic heterocycles. The summed E-state index contributed by atoms with van der Waals surface area (Å²) in [6, 6.07) is 0. The molecule has 5 heteroatoms. The molecular weight excluding hydrogens is 252 g/mol. The number of aromatic nitrogens is 2. The van der Waals surface area contributed by atoms with Crippen molar-refractivity contribution in [2.75, 3.05) is 32.7 Å². The minimum Gasteiger partial charge on any atom is -0.335 e. The number of hydrogen-bond donors (Lipinski definition) is 0. The van der Waals surface area contributed by atoms with E-state index in [0.717, 1.165) is 32.7 Å². The van der Waals surface area contributed by atoms with Crippen LogP contribution in [0.4, 0.5) is 0 Å². The van der Waals surface area contributed by atoms with E-state index in [1.807, 2.05) is 4.90 Å². The molecule has 1 fully saturated rings. The number of unbranched alkanes of at least 4 members (excludes halogenated alkanes) is 3. The first-order valence-corrected chi connectivity index (χ1v) is 7.59. The van der Waals surface area contributed by atoms with E-state index in [1.54, 1.807) is 18.6 Å². The number of carbonyl (C=O) groups excluding carboxylic acids is 1. The normalized spacial score (nSPS) is 16.4. The molecule has 0 bridgehead atoms. The zero-order chi connectivity index (χ0) is 14.2. The molecule has 1 amide bonds. The number of rotatable bonds is 6. The SMILES string of the molecule is CCCCCCN1CCN(C(=O)c2cnccn2)CC1. The minimum atomic E-state index is 0.00346. The second kappa shape index (κ2) is 7.94. The monoisotopic (exact) mass is 276 g/mol. The van der Waals surface area contributed by atoms with Gasteiger partial charge in [0.15, 0.2) is 0 Å². The van der Waals surface area contributed by atoms with Gasteiger partial charge in [0.2, 0.25) is 0 Å². The maximum absolute atomic E-state index is 12.2. The van der Waals surface area contributed by atoms with Crippen molar-refractivity contribution in [1.29, 1.82) is 0 Å². The number of hydrogen-bond acceptors (Lipinski definition) is 4. The molecular formula is C15H24N4O. The van der Waals surface area contributed by atoms with Crippen molar-refractivity contribution >= 4 is 5.91 Å². The average Bonchev–Trinajstić information content (AvgIpc) is 2.52. The summed E-state index contributed by atoms with van der Waals surface area (Å²) in [7, 11) is 0. The summed E-state index contributed by atoms with van der Waals surface area (Å²) in [5, 5.41) is 0. The Morgan fingerprint density at radius 1 is 1.15 bits per heavy atom. The van der Waals surface area contributed by atoms with E-state index in [9.17, 15) is 4.79 Å². The van der Waals surface area contributed by atoms with E-state index in [4.69, 9.17) is 0 Å². The summed E-state index contributed by atoms with van der Waals surface area (Å²) in [6.45, 7) is 6.92. The van der Waals surface area contributed by atoms with E-state index >= 15 is 0 Å². The third kappa shape index (κ3) is 4.27. The predicted octanol–water partition coefficient (Wildman–Crippen LogP) is 1.81. The Bertz CT molecular complexity index is 402. The van der Waals surface area contributed by atoms with Gasteiger partial charge in [-0.2, -0.15) is 0 Å². The van der Waals surface area contributed by atoms with Crippen molar-refractivity contribution in [3.05, 3.63) is 24.3 Å². The maximum atomic E-state index is 12.2. The van der Waals surface area contributed by atoms with Crippen molar-refractivity contribution in [1.82, 2.24) is 19.8 Å². The van der Waals surface area contributed by atoms with Gasteiger partial charge in [-0.15, -0.1) is 0 Å². The first-order valence-electron chi connectivity index (χ1n) is 7.59. The van der Waals surface area contributed by atoms with E-state index in [1.165, 1.54) is 25.7 Å². The maximum Gasteiger partial charge on any atom is 0.274 e. The standard InChI is InChI=1S/C15H24N4O/c1-2-3-4-5-8-18-9-11-19(12-10-18)15(20)14-13-16-6-7-17-14/h6-7,13H,2-5,8-12H2,1H3. The van der Waals surface area contributed by atoms with Gasteiger partial charge in [-0.25, -0.2) is 4.98 Å². The molecule has 110 valence electrons. The van der Waals surface area contributed by atoms with Crippen LogP contribution in [-0.4, -0.2) is 58.4 Å². The third-order valence-electron chi connectivity index (χ3n) is 3.77. The molecule has 0 aromatic carbocycles. The van der Waals surface area contributed by atoms with E-state index in [0.29, 0.717) is 5.69 Å². The van der Waals surface area contributed by atoms with Crippen LogP contribution < -0.4 is 0 Å². The van der Waals surface area contributed by atoms with E-state index in [-0.39, 0.29) is 5.91 Å². The van der Waals surface area contributed by atoms with Crippen LogP contribution in [0.15, 0.2) is 18.6 Å². The highest BCUT2D eigenvalue weighted by molar-refractivity contribution is 5.92. The second-order valence-corrected chi connectivity index (χ2v) is 5.29. The molecule has 1 aromatic rings. The van der Waals surface area contributed by atoms with Crippen molar-refractivity contribution in [3.8, 4) is 0 Å². The second-order valence-electron chi connectivity index (χ2n) is 5.29. The van der Waals surface area contributed by atoms with Crippen LogP contribution in [0.25, 0.3) is 0 Å². The van der Waals surface area contributed by atoms with Crippen LogP contribution in [-0.2, 0) is 0 Å². The lowest BCUT2D eigenvalue weighted by molar-refractivity contribution is 0.0629. The summed E-state index contributed by atoms with van der Waals surface area (Å²) in [4.78, 5) is 24.6. The largest absolute Gasteiger partial charge is 0.335 e. The molecule has 2 heterocycles.